The second kappa shape index (κ2) is 5.38. The summed E-state index contributed by atoms with van der Waals surface area (Å²) in [6.45, 7) is 0.535. The van der Waals surface area contributed by atoms with Gasteiger partial charge in [0.2, 0.25) is 10.0 Å². The van der Waals surface area contributed by atoms with Crippen LogP contribution in [0.3, 0.4) is 0 Å². The zero-order chi connectivity index (χ0) is 13.2. The molecule has 0 saturated carbocycles. The van der Waals surface area contributed by atoms with E-state index in [2.05, 4.69) is 0 Å². The molecule has 0 aliphatic carbocycles. The molecule has 1 aliphatic rings. The Balaban J connectivity index is 2.47. The lowest BCUT2D eigenvalue weighted by molar-refractivity contribution is 0.389. The fourth-order valence-electron chi connectivity index (χ4n) is 1.71. The van der Waals surface area contributed by atoms with Gasteiger partial charge in [0.1, 0.15) is 16.4 Å². The summed E-state index contributed by atoms with van der Waals surface area (Å²) in [7, 11) is -0.545. The number of nitrogens with zero attached hydrogens (tertiary/aromatic N) is 1. The van der Waals surface area contributed by atoms with Gasteiger partial charge in [-0.1, -0.05) is 0 Å². The number of rotatable bonds is 4. The van der Waals surface area contributed by atoms with E-state index in [1.807, 2.05) is 0 Å². The molecule has 0 radical (unpaired) electrons. The summed E-state index contributed by atoms with van der Waals surface area (Å²) in [6.07, 6.45) is 0. The number of thioether (sulfide) groups is 1. The molecule has 1 aromatic carbocycles. The van der Waals surface area contributed by atoms with Gasteiger partial charge < -0.3 is 9.47 Å². The van der Waals surface area contributed by atoms with Gasteiger partial charge in [0.05, 0.1) is 20.1 Å². The molecule has 5 nitrogen and oxygen atoms in total. The lowest BCUT2D eigenvalue weighted by Crippen LogP contribution is -2.28. The Labute approximate surface area is 111 Å². The number of hydrogen-bond donors (Lipinski definition) is 0. The first kappa shape index (κ1) is 13.5. The summed E-state index contributed by atoms with van der Waals surface area (Å²) in [4.78, 5) is 0.159. The number of hydrogen-bond acceptors (Lipinski definition) is 5. The fourth-order valence-corrected chi connectivity index (χ4v) is 4.70. The number of benzene rings is 1. The Kier molecular flexibility index (Phi) is 4.04. The van der Waals surface area contributed by atoms with Gasteiger partial charge in [-0.25, -0.2) is 8.42 Å². The van der Waals surface area contributed by atoms with Crippen LogP contribution in [0.5, 0.6) is 11.5 Å². The molecule has 0 spiro atoms. The van der Waals surface area contributed by atoms with Crippen molar-refractivity contribution in [1.29, 1.82) is 0 Å². The van der Waals surface area contributed by atoms with Crippen molar-refractivity contribution >= 4 is 21.8 Å². The van der Waals surface area contributed by atoms with E-state index >= 15 is 0 Å². The summed E-state index contributed by atoms with van der Waals surface area (Å²) in [5.74, 6) is 2.16. The lowest BCUT2D eigenvalue weighted by Gasteiger charge is -2.17. The molecule has 1 aromatic rings. The van der Waals surface area contributed by atoms with Crippen molar-refractivity contribution in [3.8, 4) is 11.5 Å². The maximum Gasteiger partial charge on any atom is 0.247 e. The predicted octanol–water partition coefficient (Wildman–Crippen LogP) is 1.40. The third-order valence-corrected chi connectivity index (χ3v) is 5.70. The van der Waals surface area contributed by atoms with Crippen LogP contribution in [-0.2, 0) is 10.0 Å². The molecule has 18 heavy (non-hydrogen) atoms. The van der Waals surface area contributed by atoms with Gasteiger partial charge in [-0.15, -0.1) is 11.8 Å². The molecule has 100 valence electrons. The topological polar surface area (TPSA) is 55.8 Å². The zero-order valence-electron chi connectivity index (χ0n) is 10.3. The lowest BCUT2D eigenvalue weighted by atomic mass is 10.3. The van der Waals surface area contributed by atoms with Gasteiger partial charge in [-0.3, -0.25) is 0 Å². The van der Waals surface area contributed by atoms with E-state index in [0.717, 1.165) is 5.75 Å². The monoisotopic (exact) mass is 289 g/mol. The maximum absolute atomic E-state index is 12.5. The van der Waals surface area contributed by atoms with Crippen molar-refractivity contribution in [2.75, 3.05) is 32.4 Å². The van der Waals surface area contributed by atoms with Crippen molar-refractivity contribution in [1.82, 2.24) is 4.31 Å². The first-order valence-corrected chi connectivity index (χ1v) is 7.99. The van der Waals surface area contributed by atoms with E-state index in [-0.39, 0.29) is 4.90 Å². The maximum atomic E-state index is 12.5. The first-order valence-electron chi connectivity index (χ1n) is 5.39. The van der Waals surface area contributed by atoms with E-state index < -0.39 is 10.0 Å². The Hall–Kier alpha value is -0.920. The van der Waals surface area contributed by atoms with Gasteiger partial charge in [0.15, 0.2) is 0 Å². The summed E-state index contributed by atoms with van der Waals surface area (Å²) >= 11 is 1.60. The zero-order valence-corrected chi connectivity index (χ0v) is 11.9. The standard InChI is InChI=1S/C11H15NO4S2/c1-15-9-3-4-10(16-2)11(7-9)18(13,14)12-5-6-17-8-12/h3-4,7H,5-6,8H2,1-2H3. The molecule has 1 aliphatic heterocycles. The molecule has 0 amide bonds. The molecule has 1 saturated heterocycles. The average Bonchev–Trinajstić information content (AvgIpc) is 2.92. The number of ether oxygens (including phenoxy) is 2. The van der Waals surface area contributed by atoms with Crippen LogP contribution < -0.4 is 9.47 Å². The van der Waals surface area contributed by atoms with Crippen molar-refractivity contribution in [2.45, 2.75) is 4.90 Å². The van der Waals surface area contributed by atoms with Crippen LogP contribution in [0.15, 0.2) is 23.1 Å². The number of sulfonamides is 1. The highest BCUT2D eigenvalue weighted by Crippen LogP contribution is 2.32. The predicted molar refractivity (Wildman–Crippen MR) is 70.8 cm³/mol. The summed E-state index contributed by atoms with van der Waals surface area (Å²) in [5, 5.41) is 0. The molecule has 0 bridgehead atoms. The summed E-state index contributed by atoms with van der Waals surface area (Å²) in [6, 6.07) is 4.78. The number of methoxy groups -OCH3 is 2. The third-order valence-electron chi connectivity index (χ3n) is 2.71. The summed E-state index contributed by atoms with van der Waals surface area (Å²) < 4.78 is 36.6. The van der Waals surface area contributed by atoms with Crippen LogP contribution in [0.25, 0.3) is 0 Å². The minimum Gasteiger partial charge on any atom is -0.497 e. The molecule has 0 aromatic heterocycles. The molecule has 0 atom stereocenters. The van der Waals surface area contributed by atoms with Gasteiger partial charge in [-0.2, -0.15) is 4.31 Å². The molecule has 0 unspecified atom stereocenters. The van der Waals surface area contributed by atoms with Crippen LogP contribution >= 0.6 is 11.8 Å². The van der Waals surface area contributed by atoms with E-state index in [9.17, 15) is 8.42 Å². The highest BCUT2D eigenvalue weighted by Gasteiger charge is 2.30. The Morgan fingerprint density at radius 2 is 2.06 bits per heavy atom. The molecular formula is C11H15NO4S2. The van der Waals surface area contributed by atoms with Crippen LogP contribution in [0.4, 0.5) is 0 Å². The van der Waals surface area contributed by atoms with E-state index in [1.54, 1.807) is 23.9 Å². The van der Waals surface area contributed by atoms with Crippen molar-refractivity contribution in [3.05, 3.63) is 18.2 Å². The Morgan fingerprint density at radius 1 is 1.28 bits per heavy atom. The molecule has 1 fully saturated rings. The average molecular weight is 289 g/mol. The van der Waals surface area contributed by atoms with Gasteiger partial charge >= 0.3 is 0 Å². The molecule has 2 rings (SSSR count). The van der Waals surface area contributed by atoms with Crippen molar-refractivity contribution in [3.63, 3.8) is 0 Å². The fraction of sp³-hybridized carbons (Fsp3) is 0.455. The third kappa shape index (κ3) is 2.43. The van der Waals surface area contributed by atoms with Gasteiger partial charge in [-0.05, 0) is 12.1 Å². The van der Waals surface area contributed by atoms with E-state index in [4.69, 9.17) is 9.47 Å². The Bertz CT molecular complexity index is 524. The highest BCUT2D eigenvalue weighted by molar-refractivity contribution is 8.00. The largest absolute Gasteiger partial charge is 0.497 e. The van der Waals surface area contributed by atoms with Gasteiger partial charge in [0.25, 0.3) is 0 Å². The van der Waals surface area contributed by atoms with Crippen LogP contribution in [0, 0.1) is 0 Å². The first-order chi connectivity index (χ1) is 8.59. The summed E-state index contributed by atoms with van der Waals surface area (Å²) in [5.41, 5.74) is 0. The minimum atomic E-state index is -3.51. The minimum absolute atomic E-state index is 0.159. The second-order valence-corrected chi connectivity index (χ2v) is 6.72. The van der Waals surface area contributed by atoms with Crippen LogP contribution in [0.1, 0.15) is 0 Å². The van der Waals surface area contributed by atoms with Crippen LogP contribution in [-0.4, -0.2) is 45.1 Å². The molecule has 0 N–H and O–H groups in total. The SMILES string of the molecule is COc1ccc(OC)c(S(=O)(=O)N2CCSC2)c1. The highest BCUT2D eigenvalue weighted by atomic mass is 32.2. The smallest absolute Gasteiger partial charge is 0.247 e. The molecule has 7 heteroatoms. The molecular weight excluding hydrogens is 274 g/mol. The van der Waals surface area contributed by atoms with Crippen LogP contribution in [0.2, 0.25) is 0 Å². The van der Waals surface area contributed by atoms with E-state index in [0.29, 0.717) is 23.9 Å². The van der Waals surface area contributed by atoms with E-state index in [1.165, 1.54) is 24.6 Å². The normalized spacial score (nSPS) is 16.8. The molecule has 1 heterocycles. The van der Waals surface area contributed by atoms with Crippen molar-refractivity contribution in [2.24, 2.45) is 0 Å². The quantitative estimate of drug-likeness (QED) is 0.838. The Morgan fingerprint density at radius 3 is 2.61 bits per heavy atom. The van der Waals surface area contributed by atoms with Crippen molar-refractivity contribution < 1.29 is 17.9 Å². The second-order valence-electron chi connectivity index (χ2n) is 3.73. The van der Waals surface area contributed by atoms with Gasteiger partial charge in [0, 0.05) is 18.4 Å².